The number of phenolic OH excluding ortho intramolecular Hbond substituents is 1. The summed E-state index contributed by atoms with van der Waals surface area (Å²) in [6, 6.07) is 10.4. The van der Waals surface area contributed by atoms with E-state index in [1.54, 1.807) is 31.4 Å². The van der Waals surface area contributed by atoms with Crippen LogP contribution in [-0.2, 0) is 0 Å². The maximum Gasteiger partial charge on any atom is 0.134 e. The Labute approximate surface area is 109 Å². The molecule has 0 radical (unpaired) electrons. The number of halogens is 2. The molecule has 0 aliphatic heterocycles. The number of methoxy groups -OCH3 is 1. The molecule has 0 aromatic heterocycles. The zero-order chi connectivity index (χ0) is 12.4. The highest BCUT2D eigenvalue weighted by atomic mass is 35.5. The molecule has 0 amide bonds. The average Bonchev–Trinajstić information content (AvgIpc) is 2.32. The molecule has 0 heterocycles. The van der Waals surface area contributed by atoms with Gasteiger partial charge in [0, 0.05) is 10.6 Å². The van der Waals surface area contributed by atoms with Crippen LogP contribution >= 0.6 is 23.2 Å². The molecule has 88 valence electrons. The lowest BCUT2D eigenvalue weighted by Crippen LogP contribution is -1.87. The lowest BCUT2D eigenvalue weighted by molar-refractivity contribution is 0.416. The van der Waals surface area contributed by atoms with E-state index in [4.69, 9.17) is 27.9 Å². The lowest BCUT2D eigenvalue weighted by atomic mass is 10.0. The topological polar surface area (TPSA) is 29.5 Å². The van der Waals surface area contributed by atoms with Crippen LogP contribution in [0.15, 0.2) is 36.4 Å². The number of aromatic hydroxyl groups is 1. The van der Waals surface area contributed by atoms with Crippen LogP contribution in [0.3, 0.4) is 0 Å². The van der Waals surface area contributed by atoms with E-state index >= 15 is 0 Å². The fourth-order valence-corrected chi connectivity index (χ4v) is 1.86. The lowest BCUT2D eigenvalue weighted by Gasteiger charge is -2.09. The summed E-state index contributed by atoms with van der Waals surface area (Å²) in [5.41, 5.74) is 1.67. The molecule has 0 fully saturated rings. The zero-order valence-corrected chi connectivity index (χ0v) is 10.6. The van der Waals surface area contributed by atoms with Crippen LogP contribution < -0.4 is 4.74 Å². The van der Waals surface area contributed by atoms with Gasteiger partial charge in [0.2, 0.25) is 0 Å². The van der Waals surface area contributed by atoms with Crippen molar-refractivity contribution in [3.63, 3.8) is 0 Å². The van der Waals surface area contributed by atoms with Crippen LogP contribution in [-0.4, -0.2) is 12.2 Å². The molecule has 2 rings (SSSR count). The zero-order valence-electron chi connectivity index (χ0n) is 9.08. The first kappa shape index (κ1) is 12.1. The van der Waals surface area contributed by atoms with Crippen LogP contribution in [0.4, 0.5) is 0 Å². The van der Waals surface area contributed by atoms with E-state index in [0.717, 1.165) is 11.1 Å². The Kier molecular flexibility index (Phi) is 3.46. The smallest absolute Gasteiger partial charge is 0.134 e. The normalized spacial score (nSPS) is 10.3. The number of hydrogen-bond donors (Lipinski definition) is 1. The molecule has 2 nitrogen and oxygen atoms in total. The predicted octanol–water partition coefficient (Wildman–Crippen LogP) is 4.37. The van der Waals surface area contributed by atoms with E-state index in [2.05, 4.69) is 0 Å². The third-order valence-electron chi connectivity index (χ3n) is 2.42. The van der Waals surface area contributed by atoms with E-state index in [-0.39, 0.29) is 5.75 Å². The minimum atomic E-state index is 0.0427. The molecule has 0 atom stereocenters. The molecule has 0 saturated carbocycles. The molecule has 0 unspecified atom stereocenters. The maximum absolute atomic E-state index is 9.58. The SMILES string of the molecule is COc1cc(Cl)ccc1-c1ccc(Cl)c(O)c1. The summed E-state index contributed by atoms with van der Waals surface area (Å²) in [4.78, 5) is 0. The van der Waals surface area contributed by atoms with Gasteiger partial charge in [-0.15, -0.1) is 0 Å². The predicted molar refractivity (Wildman–Crippen MR) is 70.1 cm³/mol. The van der Waals surface area contributed by atoms with Crippen molar-refractivity contribution in [2.45, 2.75) is 0 Å². The molecule has 0 spiro atoms. The molecule has 2 aromatic rings. The van der Waals surface area contributed by atoms with Gasteiger partial charge in [0.05, 0.1) is 12.1 Å². The molecule has 1 N–H and O–H groups in total. The fraction of sp³-hybridized carbons (Fsp3) is 0.0769. The summed E-state index contributed by atoms with van der Waals surface area (Å²) < 4.78 is 5.25. The van der Waals surface area contributed by atoms with Crippen molar-refractivity contribution in [1.29, 1.82) is 0 Å². The van der Waals surface area contributed by atoms with Crippen LogP contribution in [0.25, 0.3) is 11.1 Å². The van der Waals surface area contributed by atoms with E-state index in [0.29, 0.717) is 15.8 Å². The Morgan fingerprint density at radius 2 is 1.82 bits per heavy atom. The number of ether oxygens (including phenoxy) is 1. The van der Waals surface area contributed by atoms with Gasteiger partial charge in [-0.25, -0.2) is 0 Å². The monoisotopic (exact) mass is 268 g/mol. The van der Waals surface area contributed by atoms with Gasteiger partial charge in [0.1, 0.15) is 11.5 Å². The largest absolute Gasteiger partial charge is 0.506 e. The van der Waals surface area contributed by atoms with Crippen molar-refractivity contribution in [2.24, 2.45) is 0 Å². The van der Waals surface area contributed by atoms with Gasteiger partial charge in [-0.2, -0.15) is 0 Å². The van der Waals surface area contributed by atoms with E-state index in [9.17, 15) is 5.11 Å². The maximum atomic E-state index is 9.58. The fourth-order valence-electron chi connectivity index (χ4n) is 1.58. The van der Waals surface area contributed by atoms with Gasteiger partial charge in [0.25, 0.3) is 0 Å². The van der Waals surface area contributed by atoms with Crippen molar-refractivity contribution in [3.8, 4) is 22.6 Å². The van der Waals surface area contributed by atoms with Gasteiger partial charge >= 0.3 is 0 Å². The van der Waals surface area contributed by atoms with Crippen molar-refractivity contribution in [1.82, 2.24) is 0 Å². The van der Waals surface area contributed by atoms with Gasteiger partial charge < -0.3 is 9.84 Å². The number of phenols is 1. The number of benzene rings is 2. The quantitative estimate of drug-likeness (QED) is 0.876. The average molecular weight is 269 g/mol. The van der Waals surface area contributed by atoms with Crippen molar-refractivity contribution in [2.75, 3.05) is 7.11 Å². The van der Waals surface area contributed by atoms with Crippen molar-refractivity contribution < 1.29 is 9.84 Å². The molecule has 0 aliphatic carbocycles. The molecule has 2 aromatic carbocycles. The van der Waals surface area contributed by atoms with Gasteiger partial charge in [0.15, 0.2) is 0 Å². The Hall–Kier alpha value is -1.38. The molecule has 0 saturated heterocycles. The van der Waals surface area contributed by atoms with Gasteiger partial charge in [-0.1, -0.05) is 29.3 Å². The Balaban J connectivity index is 2.55. The highest BCUT2D eigenvalue weighted by Crippen LogP contribution is 2.35. The Morgan fingerprint density at radius 1 is 1.06 bits per heavy atom. The minimum absolute atomic E-state index is 0.0427. The standard InChI is InChI=1S/C13H10Cl2O2/c1-17-13-7-9(14)3-4-10(13)8-2-5-11(15)12(16)6-8/h2-7,16H,1H3. The number of hydrogen-bond acceptors (Lipinski definition) is 2. The summed E-state index contributed by atoms with van der Waals surface area (Å²) in [6.07, 6.45) is 0. The number of rotatable bonds is 2. The second-order valence-corrected chi connectivity index (χ2v) is 4.35. The third kappa shape index (κ3) is 2.48. The molecule has 4 heteroatoms. The summed E-state index contributed by atoms with van der Waals surface area (Å²) >= 11 is 11.7. The first-order chi connectivity index (χ1) is 8.11. The Morgan fingerprint density at radius 3 is 2.47 bits per heavy atom. The molecule has 0 aliphatic rings. The van der Waals surface area contributed by atoms with Crippen molar-refractivity contribution in [3.05, 3.63) is 46.4 Å². The minimum Gasteiger partial charge on any atom is -0.506 e. The summed E-state index contributed by atoms with van der Waals surface area (Å²) in [6.45, 7) is 0. The summed E-state index contributed by atoms with van der Waals surface area (Å²) in [5, 5.41) is 10.5. The first-order valence-corrected chi connectivity index (χ1v) is 5.70. The highest BCUT2D eigenvalue weighted by Gasteiger charge is 2.08. The molecule has 17 heavy (non-hydrogen) atoms. The summed E-state index contributed by atoms with van der Waals surface area (Å²) in [5.74, 6) is 0.695. The summed E-state index contributed by atoms with van der Waals surface area (Å²) in [7, 11) is 1.57. The van der Waals surface area contributed by atoms with Crippen LogP contribution in [0.5, 0.6) is 11.5 Å². The first-order valence-electron chi connectivity index (χ1n) is 4.94. The van der Waals surface area contributed by atoms with Crippen LogP contribution in [0, 0.1) is 0 Å². The van der Waals surface area contributed by atoms with Crippen LogP contribution in [0.2, 0.25) is 10.0 Å². The van der Waals surface area contributed by atoms with E-state index < -0.39 is 0 Å². The molecule has 0 bridgehead atoms. The van der Waals surface area contributed by atoms with Crippen molar-refractivity contribution >= 4 is 23.2 Å². The highest BCUT2D eigenvalue weighted by molar-refractivity contribution is 6.32. The second-order valence-electron chi connectivity index (χ2n) is 3.51. The van der Waals surface area contributed by atoms with Crippen LogP contribution in [0.1, 0.15) is 0 Å². The Bertz CT molecular complexity index is 553. The molecular formula is C13H10Cl2O2. The second kappa shape index (κ2) is 4.86. The molecular weight excluding hydrogens is 259 g/mol. The van der Waals surface area contributed by atoms with Gasteiger partial charge in [-0.05, 0) is 35.9 Å². The van der Waals surface area contributed by atoms with E-state index in [1.165, 1.54) is 0 Å². The van der Waals surface area contributed by atoms with Gasteiger partial charge in [-0.3, -0.25) is 0 Å². The van der Waals surface area contributed by atoms with E-state index in [1.807, 2.05) is 12.1 Å². The third-order valence-corrected chi connectivity index (χ3v) is 2.98.